The largest absolute Gasteiger partial charge is 0.486 e. The van der Waals surface area contributed by atoms with Crippen molar-refractivity contribution in [3.8, 4) is 5.75 Å². The fraction of sp³-hybridized carbons (Fsp3) is 0.348. The number of carbonyl (C=O) groups excluding carboxylic acids is 1. The standard InChI is InChI=1S/C23H28N4O2S/c1-5-27-21(14-29-20-12-8-18(9-13-20)16(2)3)25-26-23(27)30-15-22(28)24-19-10-6-17(4)7-11-19/h6-13,16H,5,14-15H2,1-4H3,(H,24,28). The molecule has 158 valence electrons. The maximum atomic E-state index is 12.2. The van der Waals surface area contributed by atoms with Gasteiger partial charge in [-0.3, -0.25) is 4.79 Å². The SMILES string of the molecule is CCn1c(COc2ccc(C(C)C)cc2)nnc1SCC(=O)Nc1ccc(C)cc1. The molecule has 2 aromatic carbocycles. The van der Waals surface area contributed by atoms with Crippen LogP contribution in [0.15, 0.2) is 53.7 Å². The van der Waals surface area contributed by atoms with Gasteiger partial charge in [-0.2, -0.15) is 0 Å². The third kappa shape index (κ3) is 5.86. The van der Waals surface area contributed by atoms with Crippen molar-refractivity contribution in [2.24, 2.45) is 0 Å². The van der Waals surface area contributed by atoms with Crippen LogP contribution in [0.3, 0.4) is 0 Å². The number of benzene rings is 2. The van der Waals surface area contributed by atoms with Crippen molar-refractivity contribution in [3.05, 3.63) is 65.5 Å². The Morgan fingerprint density at radius 3 is 2.43 bits per heavy atom. The zero-order valence-electron chi connectivity index (χ0n) is 17.9. The number of hydrogen-bond acceptors (Lipinski definition) is 5. The van der Waals surface area contributed by atoms with Crippen LogP contribution in [-0.2, 0) is 17.9 Å². The molecule has 1 amide bonds. The van der Waals surface area contributed by atoms with Crippen LogP contribution in [0.25, 0.3) is 0 Å². The van der Waals surface area contributed by atoms with Gasteiger partial charge in [0.05, 0.1) is 5.75 Å². The second kappa shape index (κ2) is 10.3. The highest BCUT2D eigenvalue weighted by atomic mass is 32.2. The van der Waals surface area contributed by atoms with E-state index in [2.05, 4.69) is 41.5 Å². The Morgan fingerprint density at radius 1 is 1.10 bits per heavy atom. The van der Waals surface area contributed by atoms with Crippen molar-refractivity contribution < 1.29 is 9.53 Å². The molecule has 0 fully saturated rings. The normalized spacial score (nSPS) is 11.0. The van der Waals surface area contributed by atoms with E-state index in [-0.39, 0.29) is 11.7 Å². The minimum absolute atomic E-state index is 0.0717. The van der Waals surface area contributed by atoms with Crippen molar-refractivity contribution in [1.82, 2.24) is 14.8 Å². The first-order chi connectivity index (χ1) is 14.5. The average Bonchev–Trinajstić information content (AvgIpc) is 3.14. The lowest BCUT2D eigenvalue weighted by Gasteiger charge is -2.10. The Bertz CT molecular complexity index is 966. The molecule has 0 radical (unpaired) electrons. The number of ether oxygens (including phenoxy) is 1. The number of hydrogen-bond donors (Lipinski definition) is 1. The van der Waals surface area contributed by atoms with E-state index in [4.69, 9.17) is 4.74 Å². The summed E-state index contributed by atoms with van der Waals surface area (Å²) in [7, 11) is 0. The summed E-state index contributed by atoms with van der Waals surface area (Å²) in [6, 6.07) is 15.9. The molecule has 0 saturated heterocycles. The molecule has 7 heteroatoms. The fourth-order valence-electron chi connectivity index (χ4n) is 2.91. The maximum Gasteiger partial charge on any atom is 0.234 e. The highest BCUT2D eigenvalue weighted by Gasteiger charge is 2.14. The van der Waals surface area contributed by atoms with Crippen LogP contribution in [-0.4, -0.2) is 26.4 Å². The number of rotatable bonds is 9. The number of aromatic nitrogens is 3. The van der Waals surface area contributed by atoms with Gasteiger partial charge in [0, 0.05) is 12.2 Å². The molecule has 0 saturated carbocycles. The zero-order chi connectivity index (χ0) is 21.5. The van der Waals surface area contributed by atoms with Crippen molar-refractivity contribution >= 4 is 23.4 Å². The first-order valence-corrected chi connectivity index (χ1v) is 11.1. The Kier molecular flexibility index (Phi) is 7.52. The number of aryl methyl sites for hydroxylation is 1. The van der Waals surface area contributed by atoms with Gasteiger partial charge in [0.2, 0.25) is 5.91 Å². The Labute approximate surface area is 182 Å². The molecule has 1 aromatic heterocycles. The smallest absolute Gasteiger partial charge is 0.234 e. The molecule has 0 unspecified atom stereocenters. The monoisotopic (exact) mass is 424 g/mol. The summed E-state index contributed by atoms with van der Waals surface area (Å²) >= 11 is 1.37. The predicted molar refractivity (Wildman–Crippen MR) is 121 cm³/mol. The number of nitrogens with one attached hydrogen (secondary N) is 1. The van der Waals surface area contributed by atoms with Crippen molar-refractivity contribution in [2.45, 2.75) is 51.9 Å². The zero-order valence-corrected chi connectivity index (χ0v) is 18.7. The number of carbonyl (C=O) groups is 1. The van der Waals surface area contributed by atoms with E-state index in [0.717, 1.165) is 22.8 Å². The molecule has 1 heterocycles. The van der Waals surface area contributed by atoms with Crippen LogP contribution in [0.4, 0.5) is 5.69 Å². The second-order valence-electron chi connectivity index (χ2n) is 7.36. The van der Waals surface area contributed by atoms with E-state index >= 15 is 0 Å². The van der Waals surface area contributed by atoms with Gasteiger partial charge in [-0.25, -0.2) is 0 Å². The van der Waals surface area contributed by atoms with Crippen molar-refractivity contribution in [1.29, 1.82) is 0 Å². The Balaban J connectivity index is 1.55. The van der Waals surface area contributed by atoms with Crippen LogP contribution in [0.2, 0.25) is 0 Å². The molecule has 0 spiro atoms. The molecule has 3 aromatic rings. The van der Waals surface area contributed by atoms with Gasteiger partial charge in [-0.05, 0) is 49.6 Å². The van der Waals surface area contributed by atoms with Crippen LogP contribution in [0, 0.1) is 6.92 Å². The molecule has 3 rings (SSSR count). The predicted octanol–water partition coefficient (Wildman–Crippen LogP) is 5.04. The molecule has 30 heavy (non-hydrogen) atoms. The van der Waals surface area contributed by atoms with Gasteiger partial charge in [-0.15, -0.1) is 10.2 Å². The topological polar surface area (TPSA) is 69.0 Å². The second-order valence-corrected chi connectivity index (χ2v) is 8.30. The van der Waals surface area contributed by atoms with Crippen molar-refractivity contribution in [2.75, 3.05) is 11.1 Å². The number of thioether (sulfide) groups is 1. The minimum Gasteiger partial charge on any atom is -0.486 e. The van der Waals surface area contributed by atoms with Gasteiger partial charge >= 0.3 is 0 Å². The van der Waals surface area contributed by atoms with E-state index in [0.29, 0.717) is 24.2 Å². The molecule has 0 atom stereocenters. The van der Waals surface area contributed by atoms with Gasteiger partial charge < -0.3 is 14.6 Å². The van der Waals surface area contributed by atoms with Gasteiger partial charge in [0.25, 0.3) is 0 Å². The van der Waals surface area contributed by atoms with Gasteiger partial charge in [-0.1, -0.05) is 55.4 Å². The van der Waals surface area contributed by atoms with Crippen LogP contribution >= 0.6 is 11.8 Å². The van der Waals surface area contributed by atoms with Gasteiger partial charge in [0.15, 0.2) is 11.0 Å². The first-order valence-electron chi connectivity index (χ1n) is 10.1. The summed E-state index contributed by atoms with van der Waals surface area (Å²) < 4.78 is 7.86. The molecule has 0 aliphatic carbocycles. The first kappa shape index (κ1) is 21.9. The van der Waals surface area contributed by atoms with E-state index in [9.17, 15) is 4.79 Å². The lowest BCUT2D eigenvalue weighted by Crippen LogP contribution is -2.15. The molecule has 0 aliphatic heterocycles. The highest BCUT2D eigenvalue weighted by Crippen LogP contribution is 2.21. The lowest BCUT2D eigenvalue weighted by atomic mass is 10.0. The molecule has 0 aliphatic rings. The lowest BCUT2D eigenvalue weighted by molar-refractivity contribution is -0.113. The summed E-state index contributed by atoms with van der Waals surface area (Å²) in [5.41, 5.74) is 3.23. The van der Waals surface area contributed by atoms with Crippen LogP contribution < -0.4 is 10.1 Å². The van der Waals surface area contributed by atoms with E-state index in [1.165, 1.54) is 17.3 Å². The summed E-state index contributed by atoms with van der Waals surface area (Å²) in [4.78, 5) is 12.2. The third-order valence-corrected chi connectivity index (χ3v) is 5.66. The molecule has 1 N–H and O–H groups in total. The number of anilines is 1. The molecule has 0 bridgehead atoms. The maximum absolute atomic E-state index is 12.2. The average molecular weight is 425 g/mol. The minimum atomic E-state index is -0.0717. The van der Waals surface area contributed by atoms with Crippen LogP contribution in [0.5, 0.6) is 5.75 Å². The quantitative estimate of drug-likeness (QED) is 0.487. The number of amides is 1. The molecule has 6 nitrogen and oxygen atoms in total. The fourth-order valence-corrected chi connectivity index (χ4v) is 3.73. The Morgan fingerprint density at radius 2 is 1.80 bits per heavy atom. The highest BCUT2D eigenvalue weighted by molar-refractivity contribution is 7.99. The van der Waals surface area contributed by atoms with E-state index in [1.54, 1.807) is 0 Å². The van der Waals surface area contributed by atoms with Crippen molar-refractivity contribution in [3.63, 3.8) is 0 Å². The summed E-state index contributed by atoms with van der Waals surface area (Å²) in [6.07, 6.45) is 0. The number of nitrogens with zero attached hydrogens (tertiary/aromatic N) is 3. The van der Waals surface area contributed by atoms with E-state index < -0.39 is 0 Å². The summed E-state index contributed by atoms with van der Waals surface area (Å²) in [5, 5.41) is 12.1. The van der Waals surface area contributed by atoms with E-state index in [1.807, 2.05) is 54.8 Å². The summed E-state index contributed by atoms with van der Waals surface area (Å²) in [6.45, 7) is 9.42. The Hall–Kier alpha value is -2.80. The van der Waals surface area contributed by atoms with Crippen LogP contribution in [0.1, 0.15) is 43.6 Å². The van der Waals surface area contributed by atoms with Gasteiger partial charge in [0.1, 0.15) is 12.4 Å². The molecular weight excluding hydrogens is 396 g/mol. The third-order valence-electron chi connectivity index (χ3n) is 4.69. The summed E-state index contributed by atoms with van der Waals surface area (Å²) in [5.74, 6) is 2.23. The molecular formula is C23H28N4O2S.